The monoisotopic (exact) mass is 442 g/mol. The molecule has 2 heterocycles. The molecule has 1 aromatic rings. The maximum absolute atomic E-state index is 13.1. The molecule has 1 aromatic carbocycles. The second kappa shape index (κ2) is 6.96. The van der Waals surface area contributed by atoms with Gasteiger partial charge in [-0.25, -0.2) is 12.7 Å². The van der Waals surface area contributed by atoms with E-state index in [1.54, 1.807) is 17.0 Å². The number of fused-ring (bicyclic) bond motifs is 1. The smallest absolute Gasteiger partial charge is 0.254 e. The molecule has 6 nitrogen and oxygen atoms in total. The number of benzene rings is 1. The Morgan fingerprint density at radius 1 is 1.27 bits per heavy atom. The molecule has 3 atom stereocenters. The zero-order chi connectivity index (χ0) is 19.2. The molecule has 2 fully saturated rings. The first-order chi connectivity index (χ1) is 12.2. The van der Waals surface area contributed by atoms with Crippen molar-refractivity contribution in [3.8, 4) is 0 Å². The van der Waals surface area contributed by atoms with Crippen molar-refractivity contribution in [2.75, 3.05) is 12.8 Å². The van der Waals surface area contributed by atoms with Crippen molar-refractivity contribution in [1.29, 1.82) is 0 Å². The number of amides is 2. The Labute approximate surface area is 162 Å². The molecular weight excluding hydrogens is 420 g/mol. The number of alkyl halides is 1. The van der Waals surface area contributed by atoms with Gasteiger partial charge in [0.25, 0.3) is 5.91 Å². The highest BCUT2D eigenvalue weighted by atomic mass is 79.9. The van der Waals surface area contributed by atoms with Gasteiger partial charge in [-0.05, 0) is 30.0 Å². The van der Waals surface area contributed by atoms with Crippen LogP contribution in [-0.4, -0.2) is 54.3 Å². The Morgan fingerprint density at radius 3 is 2.38 bits per heavy atom. The fourth-order valence-corrected chi connectivity index (χ4v) is 5.72. The first kappa shape index (κ1) is 19.4. The summed E-state index contributed by atoms with van der Waals surface area (Å²) in [5.74, 6) is -1.08. The van der Waals surface area contributed by atoms with Crippen molar-refractivity contribution in [2.24, 2.45) is 11.8 Å². The topological polar surface area (TPSA) is 74.8 Å². The summed E-state index contributed by atoms with van der Waals surface area (Å²) in [5, 5.41) is 0.711. The van der Waals surface area contributed by atoms with Crippen molar-refractivity contribution in [3.05, 3.63) is 35.4 Å². The van der Waals surface area contributed by atoms with Gasteiger partial charge in [0.2, 0.25) is 15.9 Å². The quantitative estimate of drug-likeness (QED) is 0.669. The third-order valence-electron chi connectivity index (χ3n) is 5.28. The minimum absolute atomic E-state index is 0.0501. The molecule has 0 N–H and O–H groups in total. The molecule has 3 rings (SSSR count). The number of rotatable bonds is 4. The second-order valence-corrected chi connectivity index (χ2v) is 9.76. The fourth-order valence-electron chi connectivity index (χ4n) is 4.17. The van der Waals surface area contributed by atoms with E-state index in [0.717, 1.165) is 16.1 Å². The van der Waals surface area contributed by atoms with Gasteiger partial charge in [-0.1, -0.05) is 41.9 Å². The van der Waals surface area contributed by atoms with Crippen LogP contribution in [0.1, 0.15) is 36.2 Å². The van der Waals surface area contributed by atoms with E-state index in [1.165, 1.54) is 0 Å². The molecule has 2 aliphatic heterocycles. The Morgan fingerprint density at radius 2 is 1.88 bits per heavy atom. The lowest BCUT2D eigenvalue weighted by Gasteiger charge is -2.29. The highest BCUT2D eigenvalue weighted by Gasteiger charge is 2.58. The minimum Gasteiger partial charge on any atom is -0.333 e. The average molecular weight is 443 g/mol. The molecule has 8 heteroatoms. The minimum atomic E-state index is -3.65. The molecule has 26 heavy (non-hydrogen) atoms. The molecule has 142 valence electrons. The van der Waals surface area contributed by atoms with Gasteiger partial charge in [-0.15, -0.1) is 0 Å². The first-order valence-electron chi connectivity index (χ1n) is 8.66. The van der Waals surface area contributed by atoms with Crippen molar-refractivity contribution >= 4 is 37.8 Å². The Balaban J connectivity index is 1.95. The fraction of sp³-hybridized carbons (Fsp3) is 0.556. The SMILES string of the molecule is CC(C)[C@H]1C(=O)N(S(C)(=O)=O)[C@H]2CCN(C(=O)c3ccc(CBr)cc3)[C@H]12. The van der Waals surface area contributed by atoms with E-state index >= 15 is 0 Å². The number of sulfonamides is 1. The van der Waals surface area contributed by atoms with Crippen molar-refractivity contribution in [2.45, 2.75) is 37.7 Å². The standard InChI is InChI=1S/C18H23BrN2O4S/c1-11(2)15-16-14(21(18(15)23)26(3,24)25)8-9-20(16)17(22)13-6-4-12(10-19)5-7-13/h4-7,11,14-16H,8-10H2,1-3H3/t14-,15+,16-/m0/s1. The molecule has 0 unspecified atom stereocenters. The van der Waals surface area contributed by atoms with Gasteiger partial charge in [0.1, 0.15) is 0 Å². The van der Waals surface area contributed by atoms with Crippen LogP contribution in [0.15, 0.2) is 24.3 Å². The van der Waals surface area contributed by atoms with Crippen LogP contribution >= 0.6 is 15.9 Å². The zero-order valence-corrected chi connectivity index (χ0v) is 17.5. The number of hydrogen-bond acceptors (Lipinski definition) is 4. The Bertz CT molecular complexity index is 822. The van der Waals surface area contributed by atoms with Gasteiger partial charge in [-0.3, -0.25) is 9.59 Å². The molecule has 0 aromatic heterocycles. The summed E-state index contributed by atoms with van der Waals surface area (Å²) in [4.78, 5) is 27.6. The van der Waals surface area contributed by atoms with E-state index in [-0.39, 0.29) is 17.7 Å². The van der Waals surface area contributed by atoms with Gasteiger partial charge in [0.05, 0.1) is 24.3 Å². The predicted octanol–water partition coefficient (Wildman–Crippen LogP) is 2.24. The summed E-state index contributed by atoms with van der Waals surface area (Å²) in [6.07, 6.45) is 1.55. The highest BCUT2D eigenvalue weighted by Crippen LogP contribution is 2.41. The van der Waals surface area contributed by atoms with E-state index < -0.39 is 28.0 Å². The van der Waals surface area contributed by atoms with E-state index in [9.17, 15) is 18.0 Å². The van der Waals surface area contributed by atoms with Crippen LogP contribution in [0.25, 0.3) is 0 Å². The van der Waals surface area contributed by atoms with Crippen LogP contribution in [0, 0.1) is 11.8 Å². The molecule has 0 bridgehead atoms. The van der Waals surface area contributed by atoms with Gasteiger partial charge >= 0.3 is 0 Å². The molecular formula is C18H23BrN2O4S. The van der Waals surface area contributed by atoms with E-state index in [1.807, 2.05) is 26.0 Å². The van der Waals surface area contributed by atoms with Crippen LogP contribution in [0.4, 0.5) is 0 Å². The summed E-state index contributed by atoms with van der Waals surface area (Å²) < 4.78 is 25.4. The lowest BCUT2D eigenvalue weighted by Crippen LogP contribution is -2.44. The van der Waals surface area contributed by atoms with Gasteiger partial charge in [0.15, 0.2) is 0 Å². The molecule has 2 amide bonds. The van der Waals surface area contributed by atoms with Crippen LogP contribution in [0.2, 0.25) is 0 Å². The number of nitrogens with zero attached hydrogens (tertiary/aromatic N) is 2. The van der Waals surface area contributed by atoms with Crippen LogP contribution in [-0.2, 0) is 20.1 Å². The average Bonchev–Trinajstić information content (AvgIpc) is 3.09. The summed E-state index contributed by atoms with van der Waals surface area (Å²) in [6, 6.07) is 6.47. The number of carbonyl (C=O) groups excluding carboxylic acids is 2. The third-order valence-corrected chi connectivity index (χ3v) is 7.10. The number of hydrogen-bond donors (Lipinski definition) is 0. The van der Waals surface area contributed by atoms with Crippen molar-refractivity contribution in [3.63, 3.8) is 0 Å². The lowest BCUT2D eigenvalue weighted by atomic mass is 9.88. The van der Waals surface area contributed by atoms with Gasteiger partial charge in [-0.2, -0.15) is 0 Å². The molecule has 0 spiro atoms. The van der Waals surface area contributed by atoms with Crippen LogP contribution in [0.3, 0.4) is 0 Å². The summed E-state index contributed by atoms with van der Waals surface area (Å²) in [6.45, 7) is 4.26. The third kappa shape index (κ3) is 3.17. The lowest BCUT2D eigenvalue weighted by molar-refractivity contribution is -0.129. The molecule has 0 saturated carbocycles. The van der Waals surface area contributed by atoms with E-state index in [2.05, 4.69) is 15.9 Å². The predicted molar refractivity (Wildman–Crippen MR) is 102 cm³/mol. The zero-order valence-electron chi connectivity index (χ0n) is 15.1. The normalized spacial score (nSPS) is 25.9. The maximum atomic E-state index is 13.1. The van der Waals surface area contributed by atoms with Gasteiger partial charge < -0.3 is 4.90 Å². The second-order valence-electron chi connectivity index (χ2n) is 7.34. The Hall–Kier alpha value is -1.41. The van der Waals surface area contributed by atoms with Gasteiger partial charge in [0, 0.05) is 17.4 Å². The summed E-state index contributed by atoms with van der Waals surface area (Å²) in [5.41, 5.74) is 1.63. The number of halogens is 1. The summed E-state index contributed by atoms with van der Waals surface area (Å²) >= 11 is 3.38. The van der Waals surface area contributed by atoms with E-state index in [4.69, 9.17) is 0 Å². The molecule has 0 radical (unpaired) electrons. The molecule has 0 aliphatic carbocycles. The van der Waals surface area contributed by atoms with E-state index in [0.29, 0.717) is 23.9 Å². The van der Waals surface area contributed by atoms with Crippen LogP contribution in [0.5, 0.6) is 0 Å². The van der Waals surface area contributed by atoms with Crippen molar-refractivity contribution < 1.29 is 18.0 Å². The van der Waals surface area contributed by atoms with Crippen LogP contribution < -0.4 is 0 Å². The maximum Gasteiger partial charge on any atom is 0.254 e. The molecule has 2 saturated heterocycles. The summed E-state index contributed by atoms with van der Waals surface area (Å²) in [7, 11) is -3.65. The van der Waals surface area contributed by atoms with Crippen molar-refractivity contribution in [1.82, 2.24) is 9.21 Å². The highest BCUT2D eigenvalue weighted by molar-refractivity contribution is 9.08. The first-order valence-corrected chi connectivity index (χ1v) is 11.6. The molecule has 2 aliphatic rings. The Kier molecular flexibility index (Phi) is 5.18. The largest absolute Gasteiger partial charge is 0.333 e. The number of likely N-dealkylation sites (tertiary alicyclic amines) is 1. The number of carbonyl (C=O) groups is 2.